The van der Waals surface area contributed by atoms with Crippen molar-refractivity contribution in [3.63, 3.8) is 0 Å². The van der Waals surface area contributed by atoms with Crippen molar-refractivity contribution in [2.45, 2.75) is 13.5 Å². The molecule has 0 bridgehead atoms. The number of nitrogens with zero attached hydrogens (tertiary/aromatic N) is 1. The number of aliphatic imine (C=N–C) groups is 1. The lowest BCUT2D eigenvalue weighted by Crippen LogP contribution is -2.23. The second-order valence-corrected chi connectivity index (χ2v) is 8.51. The zero-order valence-electron chi connectivity index (χ0n) is 14.5. The first-order chi connectivity index (χ1) is 13.3. The number of hydrogen-bond donors (Lipinski definition) is 1. The van der Waals surface area contributed by atoms with E-state index in [0.29, 0.717) is 26.3 Å². The minimum atomic E-state index is -0.416. The van der Waals surface area contributed by atoms with Gasteiger partial charge in [-0.15, -0.1) is 0 Å². The molecule has 0 fully saturated rings. The number of rotatable bonds is 4. The van der Waals surface area contributed by atoms with Gasteiger partial charge in [0.1, 0.15) is 12.4 Å². The average Bonchev–Trinajstić information content (AvgIpc) is 2.94. The Bertz CT molecular complexity index is 1020. The lowest BCUT2D eigenvalue weighted by Gasteiger charge is -2.11. The molecule has 1 aliphatic rings. The highest BCUT2D eigenvalue weighted by molar-refractivity contribution is 9.10. The minimum Gasteiger partial charge on any atom is -0.488 e. The smallest absolute Gasteiger partial charge is 0.286 e. The highest BCUT2D eigenvalue weighted by Gasteiger charge is 2.23. The van der Waals surface area contributed by atoms with Crippen LogP contribution >= 0.6 is 50.9 Å². The van der Waals surface area contributed by atoms with Crippen LogP contribution in [0.3, 0.4) is 0 Å². The first-order valence-electron chi connectivity index (χ1n) is 7.98. The van der Waals surface area contributed by atoms with Gasteiger partial charge in [0.25, 0.3) is 5.91 Å². The van der Waals surface area contributed by atoms with E-state index in [0.717, 1.165) is 21.8 Å². The van der Waals surface area contributed by atoms with Crippen LogP contribution in [0.1, 0.15) is 18.1 Å². The average molecular weight is 500 g/mol. The molecule has 0 saturated heterocycles. The van der Waals surface area contributed by atoms with Crippen LogP contribution in [0, 0.1) is 0 Å². The van der Waals surface area contributed by atoms with Gasteiger partial charge in [0.05, 0.1) is 4.91 Å². The lowest BCUT2D eigenvalue weighted by atomic mass is 10.2. The molecule has 144 valence electrons. The first kappa shape index (κ1) is 20.9. The molecular formula is C19H13BrCl2N2O3S. The van der Waals surface area contributed by atoms with Gasteiger partial charge >= 0.3 is 0 Å². The molecule has 5 nitrogen and oxygen atoms in total. The maximum Gasteiger partial charge on any atom is 0.286 e. The second kappa shape index (κ2) is 9.13. The Balaban J connectivity index is 1.81. The summed E-state index contributed by atoms with van der Waals surface area (Å²) in [6, 6.07) is 10.7. The molecule has 0 atom stereocenters. The van der Waals surface area contributed by atoms with Crippen LogP contribution < -0.4 is 10.1 Å². The van der Waals surface area contributed by atoms with Crippen molar-refractivity contribution in [2.75, 3.05) is 0 Å². The zero-order chi connectivity index (χ0) is 20.3. The van der Waals surface area contributed by atoms with E-state index < -0.39 is 5.91 Å². The number of nitrogens with one attached hydrogen (secondary N) is 1. The third kappa shape index (κ3) is 5.38. The van der Waals surface area contributed by atoms with Gasteiger partial charge in [0.2, 0.25) is 5.91 Å². The number of hydrogen-bond acceptors (Lipinski definition) is 4. The summed E-state index contributed by atoms with van der Waals surface area (Å²) in [5.74, 6) is -0.130. The fraction of sp³-hybridized carbons (Fsp3) is 0.105. The number of amides is 2. The topological polar surface area (TPSA) is 67.8 Å². The Morgan fingerprint density at radius 2 is 2.07 bits per heavy atom. The highest BCUT2D eigenvalue weighted by Crippen LogP contribution is 2.32. The van der Waals surface area contributed by atoms with Crippen molar-refractivity contribution >= 4 is 74.0 Å². The Morgan fingerprint density at radius 1 is 1.29 bits per heavy atom. The molecule has 0 unspecified atom stereocenters. The second-order valence-electron chi connectivity index (χ2n) is 5.72. The van der Waals surface area contributed by atoms with Crippen molar-refractivity contribution in [2.24, 2.45) is 4.99 Å². The first-order valence-corrected chi connectivity index (χ1v) is 10.3. The van der Waals surface area contributed by atoms with E-state index in [9.17, 15) is 9.59 Å². The number of carbonyl (C=O) groups is 2. The molecule has 0 aliphatic carbocycles. The summed E-state index contributed by atoms with van der Waals surface area (Å²) in [5.41, 5.74) is 1.48. The van der Waals surface area contributed by atoms with E-state index in [4.69, 9.17) is 27.9 Å². The molecule has 1 heterocycles. The predicted molar refractivity (Wildman–Crippen MR) is 117 cm³/mol. The number of ether oxygens (including phenoxy) is 1. The van der Waals surface area contributed by atoms with Gasteiger partial charge in [-0.2, -0.15) is 4.99 Å². The Labute approximate surface area is 184 Å². The summed E-state index contributed by atoms with van der Waals surface area (Å²) in [6.45, 7) is 1.60. The molecule has 28 heavy (non-hydrogen) atoms. The third-order valence-corrected chi connectivity index (χ3v) is 5.54. The van der Waals surface area contributed by atoms with E-state index in [-0.39, 0.29) is 17.7 Å². The number of benzene rings is 2. The Kier molecular flexibility index (Phi) is 6.82. The summed E-state index contributed by atoms with van der Waals surface area (Å²) in [6.07, 6.45) is 1.68. The number of amidine groups is 1. The van der Waals surface area contributed by atoms with Crippen LogP contribution in [-0.4, -0.2) is 17.0 Å². The fourth-order valence-corrected chi connectivity index (χ4v) is 4.00. The predicted octanol–water partition coefficient (Wildman–Crippen LogP) is 5.44. The normalized spacial score (nSPS) is 14.9. The van der Waals surface area contributed by atoms with Crippen LogP contribution in [0.5, 0.6) is 5.75 Å². The van der Waals surface area contributed by atoms with E-state index >= 15 is 0 Å². The minimum absolute atomic E-state index is 0.239. The molecule has 2 aromatic carbocycles. The molecule has 0 saturated carbocycles. The van der Waals surface area contributed by atoms with Gasteiger partial charge < -0.3 is 10.1 Å². The van der Waals surface area contributed by atoms with Gasteiger partial charge in [-0.25, -0.2) is 0 Å². The number of thioether (sulfide) groups is 1. The van der Waals surface area contributed by atoms with Crippen molar-refractivity contribution in [3.8, 4) is 5.75 Å². The molecular weight excluding hydrogens is 487 g/mol. The monoisotopic (exact) mass is 498 g/mol. The van der Waals surface area contributed by atoms with E-state index in [1.807, 2.05) is 12.1 Å². The Morgan fingerprint density at radius 3 is 2.79 bits per heavy atom. The third-order valence-electron chi connectivity index (χ3n) is 3.56. The molecule has 2 aromatic rings. The van der Waals surface area contributed by atoms with Gasteiger partial charge in [0, 0.05) is 32.6 Å². The standard InChI is InChI=1S/C19H13BrCl2N2O3S/c1-10(25)23-19-24-18(26)17(28-19)7-12-6-13(20)3-5-16(12)27-9-11-2-4-14(21)8-15(11)22/h2-8H,9H2,1H3,(H,23,24,25,26)/b17-7-. The summed E-state index contributed by atoms with van der Waals surface area (Å²) < 4.78 is 6.74. The van der Waals surface area contributed by atoms with Crippen molar-refractivity contribution in [3.05, 3.63) is 66.9 Å². The van der Waals surface area contributed by atoms with Gasteiger partial charge in [-0.3, -0.25) is 9.59 Å². The largest absolute Gasteiger partial charge is 0.488 e. The zero-order valence-corrected chi connectivity index (χ0v) is 18.4. The van der Waals surface area contributed by atoms with Gasteiger partial charge in [-0.05, 0) is 48.2 Å². The van der Waals surface area contributed by atoms with E-state index in [2.05, 4.69) is 26.2 Å². The van der Waals surface area contributed by atoms with Crippen LogP contribution in [0.2, 0.25) is 10.0 Å². The molecule has 3 rings (SSSR count). The molecule has 1 aliphatic heterocycles. The van der Waals surface area contributed by atoms with Gasteiger partial charge in [0.15, 0.2) is 5.17 Å². The van der Waals surface area contributed by atoms with Crippen LogP contribution in [-0.2, 0) is 16.2 Å². The summed E-state index contributed by atoms with van der Waals surface area (Å²) in [5, 5.41) is 3.84. The molecule has 9 heteroatoms. The van der Waals surface area contributed by atoms with E-state index in [1.165, 1.54) is 6.92 Å². The quantitative estimate of drug-likeness (QED) is 0.568. The molecule has 0 aromatic heterocycles. The molecule has 0 spiro atoms. The fourth-order valence-electron chi connectivity index (χ4n) is 2.31. The summed E-state index contributed by atoms with van der Waals surface area (Å²) in [4.78, 5) is 27.5. The summed E-state index contributed by atoms with van der Waals surface area (Å²) in [7, 11) is 0. The molecule has 2 amide bonds. The van der Waals surface area contributed by atoms with Crippen LogP contribution in [0.25, 0.3) is 6.08 Å². The van der Waals surface area contributed by atoms with Gasteiger partial charge in [-0.1, -0.05) is 45.2 Å². The van der Waals surface area contributed by atoms with Crippen LogP contribution in [0.15, 0.2) is 50.8 Å². The lowest BCUT2D eigenvalue weighted by molar-refractivity contribution is -0.117. The number of carbonyl (C=O) groups excluding carboxylic acids is 2. The SMILES string of the molecule is CC(=O)NC1=NC(=O)/C(=C/c2cc(Br)ccc2OCc2ccc(Cl)cc2Cl)S1. The van der Waals surface area contributed by atoms with Crippen molar-refractivity contribution < 1.29 is 14.3 Å². The highest BCUT2D eigenvalue weighted by atomic mass is 79.9. The maximum absolute atomic E-state index is 12.1. The Hall–Kier alpha value is -1.80. The van der Waals surface area contributed by atoms with Crippen LogP contribution in [0.4, 0.5) is 0 Å². The van der Waals surface area contributed by atoms with E-state index in [1.54, 1.807) is 30.3 Å². The van der Waals surface area contributed by atoms with Crippen molar-refractivity contribution in [1.82, 2.24) is 5.32 Å². The maximum atomic E-state index is 12.1. The summed E-state index contributed by atoms with van der Waals surface area (Å²) >= 11 is 16.6. The van der Waals surface area contributed by atoms with Crippen molar-refractivity contribution in [1.29, 1.82) is 0 Å². The molecule has 0 radical (unpaired) electrons. The molecule has 1 N–H and O–H groups in total. The number of halogens is 3.